The summed E-state index contributed by atoms with van der Waals surface area (Å²) < 4.78 is 1.11. The van der Waals surface area contributed by atoms with E-state index in [1.54, 1.807) is 0 Å². The fraction of sp³-hybridized carbons (Fsp3) is 0.667. The Hall–Kier alpha value is -1.59. The number of rotatable bonds is 0. The molecule has 4 N–H and O–H groups in total. The quantitative estimate of drug-likeness (QED) is 0.649. The maximum absolute atomic E-state index is 10.7. The molecule has 0 aliphatic heterocycles. The van der Waals surface area contributed by atoms with Crippen LogP contribution in [0.4, 0.5) is 11.9 Å². The third-order valence-electron chi connectivity index (χ3n) is 1.07. The van der Waals surface area contributed by atoms with E-state index in [-0.39, 0.29) is 11.9 Å². The van der Waals surface area contributed by atoms with E-state index in [1.807, 2.05) is 0 Å². The molecule has 15 heavy (non-hydrogen) atoms. The number of nitrogen functional groups attached to an aromatic ring is 2. The van der Waals surface area contributed by atoms with Crippen molar-refractivity contribution in [3.8, 4) is 0 Å². The lowest BCUT2D eigenvalue weighted by Gasteiger charge is -2.05. The first kappa shape index (κ1) is 13.4. The van der Waals surface area contributed by atoms with Gasteiger partial charge in [-0.1, -0.05) is 27.7 Å². The Labute approximate surface area is 89.3 Å². The second kappa shape index (κ2) is 4.77. The highest BCUT2D eigenvalue weighted by Crippen LogP contribution is 2.08. The first-order chi connectivity index (χ1) is 6.61. The summed E-state index contributed by atoms with van der Waals surface area (Å²) in [6, 6.07) is 0. The van der Waals surface area contributed by atoms with Crippen molar-refractivity contribution in [1.29, 1.82) is 0 Å². The van der Waals surface area contributed by atoms with Gasteiger partial charge in [0.25, 0.3) is 0 Å². The molecule has 0 saturated carbocycles. The number of hydrogen-bond donors (Lipinski definition) is 2. The van der Waals surface area contributed by atoms with Gasteiger partial charge in [0, 0.05) is 7.05 Å². The van der Waals surface area contributed by atoms with Crippen LogP contribution in [0.1, 0.15) is 27.7 Å². The third kappa shape index (κ3) is 6.48. The zero-order valence-corrected chi connectivity index (χ0v) is 9.90. The molecule has 0 aliphatic rings. The van der Waals surface area contributed by atoms with Crippen molar-refractivity contribution in [2.75, 3.05) is 11.5 Å². The summed E-state index contributed by atoms with van der Waals surface area (Å²) in [7, 11) is 1.47. The predicted octanol–water partition coefficient (Wildman–Crippen LogP) is 0.392. The van der Waals surface area contributed by atoms with Crippen LogP contribution in [0, 0.1) is 5.41 Å². The maximum atomic E-state index is 10.7. The molecular weight excluding hydrogens is 194 g/mol. The maximum Gasteiger partial charge on any atom is 0.353 e. The van der Waals surface area contributed by atoms with Gasteiger partial charge in [-0.25, -0.2) is 4.79 Å². The minimum Gasteiger partial charge on any atom is -0.369 e. The average Bonchev–Trinajstić information content (AvgIpc) is 1.96. The Morgan fingerprint density at radius 2 is 1.53 bits per heavy atom. The van der Waals surface area contributed by atoms with E-state index in [1.165, 1.54) is 7.05 Å². The van der Waals surface area contributed by atoms with E-state index in [4.69, 9.17) is 11.5 Å². The average molecular weight is 213 g/mol. The molecule has 1 aromatic heterocycles. The summed E-state index contributed by atoms with van der Waals surface area (Å²) in [5.74, 6) is -0.0295. The zero-order chi connectivity index (χ0) is 12.2. The number of nitrogens with zero attached hydrogens (tertiary/aromatic N) is 3. The predicted molar refractivity (Wildman–Crippen MR) is 61.2 cm³/mol. The van der Waals surface area contributed by atoms with E-state index >= 15 is 0 Å². The molecule has 6 nitrogen and oxygen atoms in total. The Morgan fingerprint density at radius 1 is 1.13 bits per heavy atom. The second-order valence-electron chi connectivity index (χ2n) is 4.78. The van der Waals surface area contributed by atoms with Crippen LogP contribution < -0.4 is 17.2 Å². The number of anilines is 2. The van der Waals surface area contributed by atoms with Gasteiger partial charge in [0.1, 0.15) is 0 Å². The van der Waals surface area contributed by atoms with Crippen molar-refractivity contribution in [2.24, 2.45) is 12.5 Å². The summed E-state index contributed by atoms with van der Waals surface area (Å²) in [6.07, 6.45) is 0. The van der Waals surface area contributed by atoms with Crippen LogP contribution in [-0.4, -0.2) is 14.5 Å². The summed E-state index contributed by atoms with van der Waals surface area (Å²) in [6.45, 7) is 8.75. The van der Waals surface area contributed by atoms with Crippen LogP contribution in [0.15, 0.2) is 4.79 Å². The Kier molecular flexibility index (Phi) is 4.26. The van der Waals surface area contributed by atoms with Crippen molar-refractivity contribution in [2.45, 2.75) is 27.7 Å². The topological polar surface area (TPSA) is 99.8 Å². The zero-order valence-electron chi connectivity index (χ0n) is 9.90. The van der Waals surface area contributed by atoms with Gasteiger partial charge in [0.2, 0.25) is 11.9 Å². The van der Waals surface area contributed by atoms with Gasteiger partial charge in [0.05, 0.1) is 0 Å². The molecule has 0 aromatic carbocycles. The third-order valence-corrected chi connectivity index (χ3v) is 1.07. The number of nitrogens with two attached hydrogens (primary N) is 2. The van der Waals surface area contributed by atoms with Crippen LogP contribution >= 0.6 is 0 Å². The van der Waals surface area contributed by atoms with E-state index in [0.717, 1.165) is 4.57 Å². The van der Waals surface area contributed by atoms with Crippen molar-refractivity contribution in [1.82, 2.24) is 14.5 Å². The SMILES string of the molecule is CC(C)(C)C.Cn1c(N)nc(N)nc1=O. The van der Waals surface area contributed by atoms with Crippen LogP contribution in [0.25, 0.3) is 0 Å². The minimum absolute atomic E-state index is 0.0671. The highest BCUT2D eigenvalue weighted by Gasteiger charge is 1.98. The second-order valence-corrected chi connectivity index (χ2v) is 4.78. The van der Waals surface area contributed by atoms with Gasteiger partial charge in [-0.3, -0.25) is 4.57 Å². The monoisotopic (exact) mass is 213 g/mol. The normalized spacial score (nSPS) is 10.5. The highest BCUT2D eigenvalue weighted by molar-refractivity contribution is 5.24. The van der Waals surface area contributed by atoms with Gasteiger partial charge >= 0.3 is 5.69 Å². The van der Waals surface area contributed by atoms with Gasteiger partial charge in [0.15, 0.2) is 0 Å². The first-order valence-electron chi connectivity index (χ1n) is 4.57. The molecule has 0 saturated heterocycles. The molecule has 1 heterocycles. The van der Waals surface area contributed by atoms with E-state index in [9.17, 15) is 4.79 Å². The molecule has 1 aromatic rings. The van der Waals surface area contributed by atoms with Gasteiger partial charge in [-0.15, -0.1) is 0 Å². The van der Waals surface area contributed by atoms with Crippen LogP contribution in [-0.2, 0) is 7.05 Å². The van der Waals surface area contributed by atoms with Crippen LogP contribution in [0.5, 0.6) is 0 Å². The molecule has 0 spiro atoms. The van der Waals surface area contributed by atoms with E-state index in [0.29, 0.717) is 5.41 Å². The number of hydrogen-bond acceptors (Lipinski definition) is 5. The summed E-state index contributed by atoms with van der Waals surface area (Å²) in [5.41, 5.74) is 10.4. The molecule has 0 radical (unpaired) electrons. The van der Waals surface area contributed by atoms with Crippen molar-refractivity contribution >= 4 is 11.9 Å². The lowest BCUT2D eigenvalue weighted by atomic mass is 10.0. The van der Waals surface area contributed by atoms with Gasteiger partial charge in [-0.2, -0.15) is 9.97 Å². The lowest BCUT2D eigenvalue weighted by molar-refractivity contribution is 0.469. The Balaban J connectivity index is 0.000000336. The molecule has 86 valence electrons. The van der Waals surface area contributed by atoms with Crippen molar-refractivity contribution in [3.05, 3.63) is 10.5 Å². The fourth-order valence-corrected chi connectivity index (χ4v) is 0.488. The summed E-state index contributed by atoms with van der Waals surface area (Å²) >= 11 is 0. The van der Waals surface area contributed by atoms with Crippen molar-refractivity contribution in [3.63, 3.8) is 0 Å². The Bertz CT molecular complexity index is 371. The fourth-order valence-electron chi connectivity index (χ4n) is 0.488. The van der Waals surface area contributed by atoms with Gasteiger partial charge < -0.3 is 11.5 Å². The van der Waals surface area contributed by atoms with Gasteiger partial charge in [-0.05, 0) is 5.41 Å². The molecular formula is C9H19N5O. The molecule has 0 aliphatic carbocycles. The molecule has 0 unspecified atom stereocenters. The molecule has 0 atom stereocenters. The summed E-state index contributed by atoms with van der Waals surface area (Å²) in [4.78, 5) is 17.6. The minimum atomic E-state index is -0.495. The lowest BCUT2D eigenvalue weighted by Crippen LogP contribution is -2.25. The molecule has 0 fully saturated rings. The highest BCUT2D eigenvalue weighted by atomic mass is 16.1. The smallest absolute Gasteiger partial charge is 0.353 e. The van der Waals surface area contributed by atoms with Crippen molar-refractivity contribution < 1.29 is 0 Å². The molecule has 1 rings (SSSR count). The summed E-state index contributed by atoms with van der Waals surface area (Å²) in [5, 5.41) is 0. The molecule has 0 amide bonds. The largest absolute Gasteiger partial charge is 0.369 e. The molecule has 0 bridgehead atoms. The van der Waals surface area contributed by atoms with E-state index in [2.05, 4.69) is 37.7 Å². The molecule has 6 heteroatoms. The van der Waals surface area contributed by atoms with Crippen LogP contribution in [0.3, 0.4) is 0 Å². The number of aromatic nitrogens is 3. The Morgan fingerprint density at radius 3 is 1.87 bits per heavy atom. The van der Waals surface area contributed by atoms with Crippen LogP contribution in [0.2, 0.25) is 0 Å². The van der Waals surface area contributed by atoms with E-state index < -0.39 is 5.69 Å². The first-order valence-corrected chi connectivity index (χ1v) is 4.57. The standard InChI is InChI=1S/C5H12.C4H7N5O/c1-5(2,3)4;1-9-3(6)7-2(5)8-4(9)10/h1-4H3;1H3,(H4,5,6,7,8,10).